The highest BCUT2D eigenvalue weighted by molar-refractivity contribution is 7.99. The Morgan fingerprint density at radius 3 is 2.70 bits per heavy atom. The van der Waals surface area contributed by atoms with Gasteiger partial charge in [-0.3, -0.25) is 9.78 Å². The standard InChI is InChI=1S/C19H18N2OS/c1-14-10-11-16-17(20-14)8-5-9-18(16)21-19(22)13-23-12-15-6-3-2-4-7-15/h2-11H,12-13H2,1H3,(H,21,22). The number of nitrogens with zero attached hydrogens (tertiary/aromatic N) is 1. The molecule has 4 heteroatoms. The lowest BCUT2D eigenvalue weighted by Crippen LogP contribution is -2.14. The summed E-state index contributed by atoms with van der Waals surface area (Å²) in [6.45, 7) is 1.96. The van der Waals surface area contributed by atoms with Crippen molar-refractivity contribution in [1.29, 1.82) is 0 Å². The monoisotopic (exact) mass is 322 g/mol. The molecule has 3 aromatic rings. The zero-order valence-electron chi connectivity index (χ0n) is 13.0. The molecule has 0 aliphatic rings. The summed E-state index contributed by atoms with van der Waals surface area (Å²) < 4.78 is 0. The molecule has 0 aliphatic carbocycles. The molecule has 1 aromatic heterocycles. The summed E-state index contributed by atoms with van der Waals surface area (Å²) in [5.41, 5.74) is 3.93. The zero-order chi connectivity index (χ0) is 16.1. The highest BCUT2D eigenvalue weighted by Gasteiger charge is 2.07. The third-order valence-corrected chi connectivity index (χ3v) is 4.49. The number of carbonyl (C=O) groups excluding carboxylic acids is 1. The minimum absolute atomic E-state index is 0.0130. The lowest BCUT2D eigenvalue weighted by molar-refractivity contribution is -0.113. The van der Waals surface area contributed by atoms with E-state index in [0.29, 0.717) is 5.75 Å². The minimum Gasteiger partial charge on any atom is -0.325 e. The molecule has 0 fully saturated rings. The Morgan fingerprint density at radius 2 is 1.87 bits per heavy atom. The van der Waals surface area contributed by atoms with E-state index in [4.69, 9.17) is 0 Å². The molecule has 0 radical (unpaired) electrons. The second-order valence-corrected chi connectivity index (χ2v) is 6.34. The van der Waals surface area contributed by atoms with Crippen molar-refractivity contribution < 1.29 is 4.79 Å². The molecule has 116 valence electrons. The molecule has 0 aliphatic heterocycles. The van der Waals surface area contributed by atoms with Gasteiger partial charge in [0.15, 0.2) is 0 Å². The van der Waals surface area contributed by atoms with Gasteiger partial charge in [-0.25, -0.2) is 0 Å². The Labute approximate surface area is 140 Å². The lowest BCUT2D eigenvalue weighted by atomic mass is 10.1. The van der Waals surface area contributed by atoms with Gasteiger partial charge in [0.2, 0.25) is 5.91 Å². The van der Waals surface area contributed by atoms with Crippen LogP contribution in [-0.2, 0) is 10.5 Å². The number of thioether (sulfide) groups is 1. The molecule has 0 bridgehead atoms. The molecule has 1 N–H and O–H groups in total. The van der Waals surface area contributed by atoms with Gasteiger partial charge in [-0.15, -0.1) is 11.8 Å². The first kappa shape index (κ1) is 15.6. The van der Waals surface area contributed by atoms with Crippen LogP contribution in [0.4, 0.5) is 5.69 Å². The van der Waals surface area contributed by atoms with E-state index in [2.05, 4.69) is 22.4 Å². The first-order valence-electron chi connectivity index (χ1n) is 7.50. The third kappa shape index (κ3) is 4.11. The first-order chi connectivity index (χ1) is 11.2. The van der Waals surface area contributed by atoms with Crippen LogP contribution in [0, 0.1) is 6.92 Å². The highest BCUT2D eigenvalue weighted by Crippen LogP contribution is 2.22. The first-order valence-corrected chi connectivity index (χ1v) is 8.66. The molecule has 3 rings (SSSR count). The van der Waals surface area contributed by atoms with Gasteiger partial charge in [0.1, 0.15) is 0 Å². The van der Waals surface area contributed by atoms with E-state index in [-0.39, 0.29) is 5.91 Å². The van der Waals surface area contributed by atoms with Crippen molar-refractivity contribution in [1.82, 2.24) is 4.98 Å². The van der Waals surface area contributed by atoms with Gasteiger partial charge in [0.25, 0.3) is 0 Å². The number of pyridine rings is 1. The summed E-state index contributed by atoms with van der Waals surface area (Å²) in [4.78, 5) is 16.6. The number of benzene rings is 2. The summed E-state index contributed by atoms with van der Waals surface area (Å²) in [7, 11) is 0. The van der Waals surface area contributed by atoms with Crippen molar-refractivity contribution in [2.75, 3.05) is 11.1 Å². The summed E-state index contributed by atoms with van der Waals surface area (Å²) in [6, 6.07) is 19.9. The van der Waals surface area contributed by atoms with Crippen molar-refractivity contribution >= 4 is 34.3 Å². The fourth-order valence-corrected chi connectivity index (χ4v) is 3.18. The molecule has 1 amide bonds. The number of hydrogen-bond donors (Lipinski definition) is 1. The topological polar surface area (TPSA) is 42.0 Å². The second kappa shape index (κ2) is 7.29. The number of fused-ring (bicyclic) bond motifs is 1. The third-order valence-electron chi connectivity index (χ3n) is 3.49. The zero-order valence-corrected chi connectivity index (χ0v) is 13.8. The fraction of sp³-hybridized carbons (Fsp3) is 0.158. The van der Waals surface area contributed by atoms with Crippen molar-refractivity contribution in [2.45, 2.75) is 12.7 Å². The van der Waals surface area contributed by atoms with Crippen molar-refractivity contribution in [3.05, 3.63) is 71.9 Å². The quantitative estimate of drug-likeness (QED) is 0.756. The molecule has 0 spiro atoms. The molecule has 0 atom stereocenters. The molecule has 0 saturated carbocycles. The van der Waals surface area contributed by atoms with Crippen LogP contribution < -0.4 is 5.32 Å². The van der Waals surface area contributed by atoms with E-state index in [1.165, 1.54) is 5.56 Å². The Kier molecular flexibility index (Phi) is 4.93. The largest absolute Gasteiger partial charge is 0.325 e. The van der Waals surface area contributed by atoms with Crippen LogP contribution in [0.1, 0.15) is 11.3 Å². The maximum absolute atomic E-state index is 12.2. The van der Waals surface area contributed by atoms with Crippen molar-refractivity contribution in [3.8, 4) is 0 Å². The molecule has 0 saturated heterocycles. The Morgan fingerprint density at radius 1 is 1.04 bits per heavy atom. The molecule has 0 unspecified atom stereocenters. The Balaban J connectivity index is 1.62. The molecule has 1 heterocycles. The van der Waals surface area contributed by atoms with E-state index in [1.54, 1.807) is 11.8 Å². The van der Waals surface area contributed by atoms with Gasteiger partial charge >= 0.3 is 0 Å². The van der Waals surface area contributed by atoms with E-state index in [1.807, 2.05) is 55.5 Å². The van der Waals surface area contributed by atoms with E-state index >= 15 is 0 Å². The molecule has 23 heavy (non-hydrogen) atoms. The Bertz CT molecular complexity index is 818. The molecular weight excluding hydrogens is 304 g/mol. The van der Waals surface area contributed by atoms with E-state index in [9.17, 15) is 4.79 Å². The van der Waals surface area contributed by atoms with Gasteiger partial charge in [0.05, 0.1) is 17.0 Å². The number of hydrogen-bond acceptors (Lipinski definition) is 3. The van der Waals surface area contributed by atoms with E-state index in [0.717, 1.165) is 28.0 Å². The van der Waals surface area contributed by atoms with Crippen LogP contribution in [0.3, 0.4) is 0 Å². The number of aromatic nitrogens is 1. The van der Waals surface area contributed by atoms with Crippen molar-refractivity contribution in [2.24, 2.45) is 0 Å². The van der Waals surface area contributed by atoms with Crippen LogP contribution in [0.15, 0.2) is 60.7 Å². The van der Waals surface area contributed by atoms with Crippen LogP contribution in [0.2, 0.25) is 0 Å². The molecule has 3 nitrogen and oxygen atoms in total. The number of rotatable bonds is 5. The van der Waals surface area contributed by atoms with Crippen LogP contribution >= 0.6 is 11.8 Å². The summed E-state index contributed by atoms with van der Waals surface area (Å²) in [5.74, 6) is 1.29. The molecule has 2 aromatic carbocycles. The summed E-state index contributed by atoms with van der Waals surface area (Å²) >= 11 is 1.61. The van der Waals surface area contributed by atoms with Crippen molar-refractivity contribution in [3.63, 3.8) is 0 Å². The fourth-order valence-electron chi connectivity index (χ4n) is 2.39. The maximum Gasteiger partial charge on any atom is 0.234 e. The summed E-state index contributed by atoms with van der Waals surface area (Å²) in [5, 5.41) is 3.96. The van der Waals surface area contributed by atoms with Gasteiger partial charge in [-0.1, -0.05) is 36.4 Å². The van der Waals surface area contributed by atoms with E-state index < -0.39 is 0 Å². The number of anilines is 1. The average Bonchev–Trinajstić information content (AvgIpc) is 2.56. The number of carbonyl (C=O) groups is 1. The lowest BCUT2D eigenvalue weighted by Gasteiger charge is -2.09. The SMILES string of the molecule is Cc1ccc2c(NC(=O)CSCc3ccccc3)cccc2n1. The normalized spacial score (nSPS) is 10.7. The minimum atomic E-state index is 0.0130. The number of amides is 1. The van der Waals surface area contributed by atoms with Gasteiger partial charge in [-0.2, -0.15) is 0 Å². The predicted octanol–water partition coefficient (Wildman–Crippen LogP) is 4.42. The van der Waals surface area contributed by atoms with Gasteiger partial charge in [-0.05, 0) is 36.8 Å². The smallest absolute Gasteiger partial charge is 0.234 e. The predicted molar refractivity (Wildman–Crippen MR) is 97.7 cm³/mol. The number of nitrogens with one attached hydrogen (secondary N) is 1. The van der Waals surface area contributed by atoms with Crippen LogP contribution in [-0.4, -0.2) is 16.6 Å². The Hall–Kier alpha value is -2.33. The van der Waals surface area contributed by atoms with Gasteiger partial charge in [0, 0.05) is 16.8 Å². The number of aryl methyl sites for hydroxylation is 1. The van der Waals surface area contributed by atoms with Crippen LogP contribution in [0.5, 0.6) is 0 Å². The van der Waals surface area contributed by atoms with Crippen LogP contribution in [0.25, 0.3) is 10.9 Å². The highest BCUT2D eigenvalue weighted by atomic mass is 32.2. The molecular formula is C19H18N2OS. The summed E-state index contributed by atoms with van der Waals surface area (Å²) in [6.07, 6.45) is 0. The second-order valence-electron chi connectivity index (χ2n) is 5.35. The average molecular weight is 322 g/mol. The maximum atomic E-state index is 12.2. The van der Waals surface area contributed by atoms with Gasteiger partial charge < -0.3 is 5.32 Å².